The van der Waals surface area contributed by atoms with Gasteiger partial charge >= 0.3 is 7.12 Å². The Morgan fingerprint density at radius 3 is 2.60 bits per heavy atom. The highest BCUT2D eigenvalue weighted by Gasteiger charge is 2.12. The first-order valence-electron chi connectivity index (χ1n) is 4.41. The number of hydrogen-bond acceptors (Lipinski definition) is 4. The maximum atomic E-state index is 11.2. The molecule has 0 bridgehead atoms. The fourth-order valence-electron chi connectivity index (χ4n) is 1.01. The van der Waals surface area contributed by atoms with Crippen LogP contribution in [0.15, 0.2) is 24.3 Å². The quantitative estimate of drug-likeness (QED) is 0.585. The summed E-state index contributed by atoms with van der Waals surface area (Å²) in [5.41, 5.74) is 0.564. The Hall–Kier alpha value is -1.05. The van der Waals surface area contributed by atoms with Crippen LogP contribution in [0.25, 0.3) is 0 Å². The fraction of sp³-hybridized carbons (Fsp3) is 0.250. The Balaban J connectivity index is 2.92. The Kier molecular flexibility index (Phi) is 3.73. The largest absolute Gasteiger partial charge is 0.488 e. The molecule has 0 radical (unpaired) electrons. The minimum atomic E-state index is -3.33. The smallest absolute Gasteiger partial charge is 0.423 e. The third-order valence-corrected chi connectivity index (χ3v) is 3.14. The van der Waals surface area contributed by atoms with Crippen LogP contribution in [-0.2, 0) is 10.0 Å². The lowest BCUT2D eigenvalue weighted by Gasteiger charge is -2.07. The zero-order valence-corrected chi connectivity index (χ0v) is 9.03. The zero-order chi connectivity index (χ0) is 11.5. The number of benzene rings is 1. The molecular formula is C8H12BNO4S. The van der Waals surface area contributed by atoms with E-state index >= 15 is 0 Å². The molecule has 0 amide bonds. The first-order valence-corrected chi connectivity index (χ1v) is 6.06. The van der Waals surface area contributed by atoms with Gasteiger partial charge in [0.25, 0.3) is 0 Å². The van der Waals surface area contributed by atoms with Gasteiger partial charge in [0.15, 0.2) is 0 Å². The first-order chi connectivity index (χ1) is 6.94. The van der Waals surface area contributed by atoms with Crippen LogP contribution < -0.4 is 10.2 Å². The van der Waals surface area contributed by atoms with Crippen molar-refractivity contribution in [3.05, 3.63) is 24.3 Å². The van der Waals surface area contributed by atoms with Crippen molar-refractivity contribution in [2.45, 2.75) is 6.92 Å². The van der Waals surface area contributed by atoms with Gasteiger partial charge in [0.05, 0.1) is 5.75 Å². The van der Waals surface area contributed by atoms with Crippen molar-refractivity contribution >= 4 is 28.3 Å². The normalized spacial score (nSPS) is 11.1. The molecule has 1 rings (SSSR count). The molecule has 7 heteroatoms. The molecule has 0 atom stereocenters. The lowest BCUT2D eigenvalue weighted by molar-refractivity contribution is 0.426. The Labute approximate surface area is 89.0 Å². The SMILES string of the molecule is CCS(=O)(=O)Nc1cccc(B(O)O)c1. The molecule has 0 unspecified atom stereocenters. The van der Waals surface area contributed by atoms with Crippen LogP contribution in [0.4, 0.5) is 5.69 Å². The molecule has 0 fully saturated rings. The molecule has 1 aromatic carbocycles. The summed E-state index contributed by atoms with van der Waals surface area (Å²) in [6.45, 7) is 1.52. The van der Waals surface area contributed by atoms with Crippen molar-refractivity contribution in [1.29, 1.82) is 0 Å². The molecule has 0 aliphatic heterocycles. The summed E-state index contributed by atoms with van der Waals surface area (Å²) in [5, 5.41) is 17.8. The topological polar surface area (TPSA) is 86.6 Å². The lowest BCUT2D eigenvalue weighted by Crippen LogP contribution is -2.30. The number of rotatable bonds is 4. The maximum absolute atomic E-state index is 11.2. The third-order valence-electron chi connectivity index (χ3n) is 1.84. The van der Waals surface area contributed by atoms with Crippen molar-refractivity contribution in [2.75, 3.05) is 10.5 Å². The van der Waals surface area contributed by atoms with Gasteiger partial charge in [-0.3, -0.25) is 4.72 Å². The Bertz CT molecular complexity index is 432. The highest BCUT2D eigenvalue weighted by molar-refractivity contribution is 7.92. The van der Waals surface area contributed by atoms with Crippen molar-refractivity contribution in [3.63, 3.8) is 0 Å². The number of sulfonamides is 1. The van der Waals surface area contributed by atoms with Gasteiger partial charge in [-0.05, 0) is 24.5 Å². The summed E-state index contributed by atoms with van der Waals surface area (Å²) < 4.78 is 24.7. The molecule has 5 nitrogen and oxygen atoms in total. The summed E-state index contributed by atoms with van der Waals surface area (Å²) in [6, 6.07) is 5.95. The standard InChI is InChI=1S/C8H12BNO4S/c1-2-15(13,14)10-8-5-3-4-7(6-8)9(11)12/h3-6,10-12H,2H2,1H3. The van der Waals surface area contributed by atoms with E-state index in [2.05, 4.69) is 4.72 Å². The average molecular weight is 229 g/mol. The predicted molar refractivity (Wildman–Crippen MR) is 59.4 cm³/mol. The van der Waals surface area contributed by atoms with Gasteiger partial charge in [0.2, 0.25) is 10.0 Å². The van der Waals surface area contributed by atoms with Crippen molar-refractivity contribution in [1.82, 2.24) is 0 Å². The van der Waals surface area contributed by atoms with Crippen LogP contribution in [0.1, 0.15) is 6.92 Å². The van der Waals surface area contributed by atoms with Crippen LogP contribution in [-0.4, -0.2) is 31.3 Å². The molecule has 0 spiro atoms. The van der Waals surface area contributed by atoms with E-state index in [0.717, 1.165) is 0 Å². The summed E-state index contributed by atoms with van der Waals surface area (Å²) >= 11 is 0. The number of hydrogen-bond donors (Lipinski definition) is 3. The van der Waals surface area contributed by atoms with E-state index in [-0.39, 0.29) is 11.2 Å². The van der Waals surface area contributed by atoms with E-state index in [0.29, 0.717) is 5.69 Å². The maximum Gasteiger partial charge on any atom is 0.488 e. The second kappa shape index (κ2) is 4.65. The molecule has 0 saturated carbocycles. The minimum Gasteiger partial charge on any atom is -0.423 e. The molecular weight excluding hydrogens is 217 g/mol. The second-order valence-corrected chi connectivity index (χ2v) is 5.02. The summed E-state index contributed by atoms with van der Waals surface area (Å²) in [6.07, 6.45) is 0. The monoisotopic (exact) mass is 229 g/mol. The summed E-state index contributed by atoms with van der Waals surface area (Å²) in [4.78, 5) is 0. The Morgan fingerprint density at radius 2 is 2.07 bits per heavy atom. The van der Waals surface area contributed by atoms with Crippen LogP contribution >= 0.6 is 0 Å². The van der Waals surface area contributed by atoms with E-state index in [1.165, 1.54) is 19.1 Å². The lowest BCUT2D eigenvalue weighted by atomic mass is 9.80. The molecule has 0 saturated heterocycles. The zero-order valence-electron chi connectivity index (χ0n) is 8.21. The van der Waals surface area contributed by atoms with Gasteiger partial charge in [-0.2, -0.15) is 0 Å². The fourth-order valence-corrected chi connectivity index (χ4v) is 1.64. The predicted octanol–water partition coefficient (Wildman–Crippen LogP) is -0.872. The first kappa shape index (κ1) is 12.0. The third kappa shape index (κ3) is 3.54. The summed E-state index contributed by atoms with van der Waals surface area (Å²) in [7, 11) is -4.93. The van der Waals surface area contributed by atoms with Crippen molar-refractivity contribution < 1.29 is 18.5 Å². The molecule has 0 heterocycles. The van der Waals surface area contributed by atoms with E-state index in [1.807, 2.05) is 0 Å². The average Bonchev–Trinajstić information content (AvgIpc) is 2.17. The van der Waals surface area contributed by atoms with E-state index < -0.39 is 17.1 Å². The van der Waals surface area contributed by atoms with Gasteiger partial charge < -0.3 is 10.0 Å². The van der Waals surface area contributed by atoms with Crippen LogP contribution in [0.2, 0.25) is 0 Å². The molecule has 0 aromatic heterocycles. The molecule has 3 N–H and O–H groups in total. The van der Waals surface area contributed by atoms with E-state index in [4.69, 9.17) is 10.0 Å². The molecule has 1 aromatic rings. The van der Waals surface area contributed by atoms with Gasteiger partial charge in [-0.25, -0.2) is 8.42 Å². The van der Waals surface area contributed by atoms with E-state index in [9.17, 15) is 8.42 Å². The summed E-state index contributed by atoms with van der Waals surface area (Å²) in [5.74, 6) is -0.0289. The minimum absolute atomic E-state index is 0.0289. The highest BCUT2D eigenvalue weighted by atomic mass is 32.2. The van der Waals surface area contributed by atoms with Gasteiger partial charge in [-0.15, -0.1) is 0 Å². The Morgan fingerprint density at radius 1 is 1.40 bits per heavy atom. The molecule has 0 aliphatic rings. The number of anilines is 1. The second-order valence-electron chi connectivity index (χ2n) is 3.00. The van der Waals surface area contributed by atoms with Gasteiger partial charge in [0, 0.05) is 5.69 Å². The van der Waals surface area contributed by atoms with Crippen LogP contribution in [0.3, 0.4) is 0 Å². The van der Waals surface area contributed by atoms with Gasteiger partial charge in [-0.1, -0.05) is 12.1 Å². The van der Waals surface area contributed by atoms with Crippen LogP contribution in [0, 0.1) is 0 Å². The van der Waals surface area contributed by atoms with Gasteiger partial charge in [0.1, 0.15) is 0 Å². The van der Waals surface area contributed by atoms with E-state index in [1.54, 1.807) is 12.1 Å². The van der Waals surface area contributed by atoms with Crippen molar-refractivity contribution in [3.8, 4) is 0 Å². The number of nitrogens with one attached hydrogen (secondary N) is 1. The van der Waals surface area contributed by atoms with Crippen molar-refractivity contribution in [2.24, 2.45) is 0 Å². The molecule has 82 valence electrons. The van der Waals surface area contributed by atoms with Crippen LogP contribution in [0.5, 0.6) is 0 Å². The highest BCUT2D eigenvalue weighted by Crippen LogP contribution is 2.06. The molecule has 0 aliphatic carbocycles. The molecule has 15 heavy (non-hydrogen) atoms.